The first-order valence-electron chi connectivity index (χ1n) is 3.99. The Morgan fingerprint density at radius 1 is 1.67 bits per heavy atom. The molecule has 1 aliphatic heterocycles. The molecule has 12 heavy (non-hydrogen) atoms. The van der Waals surface area contributed by atoms with Crippen molar-refractivity contribution in [2.75, 3.05) is 12.4 Å². The summed E-state index contributed by atoms with van der Waals surface area (Å²) < 4.78 is 0. The number of aliphatic imine (C=N–C) groups is 1. The van der Waals surface area contributed by atoms with Crippen LogP contribution in [0.2, 0.25) is 0 Å². The lowest BCUT2D eigenvalue weighted by Gasteiger charge is -2.26. The summed E-state index contributed by atoms with van der Waals surface area (Å²) in [4.78, 5) is 5.59. The van der Waals surface area contributed by atoms with Crippen LogP contribution in [-0.4, -0.2) is 23.0 Å². The van der Waals surface area contributed by atoms with Crippen LogP contribution in [0, 0.1) is 0 Å². The maximum atomic E-state index is 8.87. The van der Waals surface area contributed by atoms with Crippen LogP contribution in [0.25, 0.3) is 0 Å². The molecule has 0 spiro atoms. The van der Waals surface area contributed by atoms with Gasteiger partial charge in [0.15, 0.2) is 0 Å². The van der Waals surface area contributed by atoms with E-state index in [0.29, 0.717) is 0 Å². The molecule has 1 unspecified atom stereocenters. The van der Waals surface area contributed by atoms with E-state index in [2.05, 4.69) is 26.7 Å². The minimum absolute atomic E-state index is 0.219. The fraction of sp³-hybridized carbons (Fsp3) is 0.625. The van der Waals surface area contributed by atoms with E-state index in [0.717, 1.165) is 17.9 Å². The summed E-state index contributed by atoms with van der Waals surface area (Å²) in [7, 11) is -0.953. The number of rotatable bonds is 3. The molecule has 1 heterocycles. The molecule has 0 saturated carbocycles. The second-order valence-electron chi connectivity index (χ2n) is 2.71. The van der Waals surface area contributed by atoms with Gasteiger partial charge in [-0.05, 0) is 27.5 Å². The van der Waals surface area contributed by atoms with E-state index in [4.69, 9.17) is 5.11 Å². The molecule has 1 atom stereocenters. The normalized spacial score (nSPS) is 34.0. The average Bonchev–Trinajstić information content (AvgIpc) is 2.34. The van der Waals surface area contributed by atoms with Gasteiger partial charge < -0.3 is 5.11 Å². The minimum atomic E-state index is -0.953. The van der Waals surface area contributed by atoms with Crippen molar-refractivity contribution in [2.24, 2.45) is 4.99 Å². The summed E-state index contributed by atoms with van der Waals surface area (Å²) in [6.45, 7) is 4.37. The molecule has 0 saturated heterocycles. The van der Waals surface area contributed by atoms with E-state index >= 15 is 0 Å². The van der Waals surface area contributed by atoms with Crippen LogP contribution in [0.3, 0.4) is 0 Å². The molecule has 1 aliphatic rings. The van der Waals surface area contributed by atoms with Crippen molar-refractivity contribution in [3.63, 3.8) is 0 Å². The quantitative estimate of drug-likeness (QED) is 0.823. The zero-order valence-corrected chi connectivity index (χ0v) is 9.78. The van der Waals surface area contributed by atoms with Crippen molar-refractivity contribution >= 4 is 28.8 Å². The maximum Gasteiger partial charge on any atom is 0.0561 e. The number of aliphatic hydroxyl groups excluding tert-OH is 1. The van der Waals surface area contributed by atoms with Gasteiger partial charge in [-0.25, -0.2) is 0 Å². The van der Waals surface area contributed by atoms with Crippen molar-refractivity contribution in [1.29, 1.82) is 0 Å². The average molecular weight is 252 g/mol. The molecule has 0 aromatic carbocycles. The van der Waals surface area contributed by atoms with E-state index in [1.54, 1.807) is 0 Å². The Kier molecular flexibility index (Phi) is 3.37. The topological polar surface area (TPSA) is 32.6 Å². The molecular weight excluding hydrogens is 238 g/mol. The van der Waals surface area contributed by atoms with E-state index in [-0.39, 0.29) is 6.61 Å². The van der Waals surface area contributed by atoms with Crippen molar-refractivity contribution in [3.8, 4) is 0 Å². The molecule has 0 amide bonds. The SMILES string of the molecule is CCS1(Br)C=NC(C)=C1CCO. The van der Waals surface area contributed by atoms with Gasteiger partial charge in [-0.3, -0.25) is 4.99 Å². The molecule has 1 N–H and O–H groups in total. The fourth-order valence-corrected chi connectivity index (χ4v) is 4.61. The zero-order chi connectivity index (χ0) is 9.19. The molecule has 0 radical (unpaired) electrons. The summed E-state index contributed by atoms with van der Waals surface area (Å²) >= 11 is 3.72. The molecule has 1 rings (SSSR count). The molecule has 0 aromatic rings. The van der Waals surface area contributed by atoms with Crippen LogP contribution in [-0.2, 0) is 0 Å². The van der Waals surface area contributed by atoms with E-state index < -0.39 is 8.46 Å². The Labute approximate surface area is 82.3 Å². The molecule has 2 nitrogen and oxygen atoms in total. The monoisotopic (exact) mass is 251 g/mol. The van der Waals surface area contributed by atoms with E-state index in [9.17, 15) is 0 Å². The lowest BCUT2D eigenvalue weighted by atomic mass is 10.3. The number of allylic oxidation sites excluding steroid dienone is 1. The highest BCUT2D eigenvalue weighted by Gasteiger charge is 2.27. The van der Waals surface area contributed by atoms with Crippen molar-refractivity contribution < 1.29 is 5.11 Å². The number of halogens is 1. The minimum Gasteiger partial charge on any atom is -0.396 e. The number of hydrogen-bond acceptors (Lipinski definition) is 2. The third kappa shape index (κ3) is 1.75. The molecular formula is C8H14BrNOS. The van der Waals surface area contributed by atoms with Gasteiger partial charge in [0.1, 0.15) is 0 Å². The van der Waals surface area contributed by atoms with Gasteiger partial charge in [0, 0.05) is 23.6 Å². The van der Waals surface area contributed by atoms with Crippen molar-refractivity contribution in [1.82, 2.24) is 0 Å². The summed E-state index contributed by atoms with van der Waals surface area (Å²) in [6, 6.07) is 0. The lowest BCUT2D eigenvalue weighted by molar-refractivity contribution is 0.301. The molecule has 0 aliphatic carbocycles. The number of hydrogen-bond donors (Lipinski definition) is 1. The second kappa shape index (κ2) is 3.94. The van der Waals surface area contributed by atoms with Crippen LogP contribution < -0.4 is 0 Å². The second-order valence-corrected chi connectivity index (χ2v) is 8.87. The number of nitrogens with zero attached hydrogens (tertiary/aromatic N) is 1. The molecule has 4 heteroatoms. The third-order valence-electron chi connectivity index (χ3n) is 1.99. The highest BCUT2D eigenvalue weighted by atomic mass is 79.9. The predicted molar refractivity (Wildman–Crippen MR) is 60.0 cm³/mol. The van der Waals surface area contributed by atoms with Gasteiger partial charge in [0.05, 0.1) is 5.55 Å². The van der Waals surface area contributed by atoms with Gasteiger partial charge in [0.25, 0.3) is 0 Å². The zero-order valence-electron chi connectivity index (χ0n) is 7.38. The highest BCUT2D eigenvalue weighted by Crippen LogP contribution is 2.64. The first-order valence-corrected chi connectivity index (χ1v) is 7.70. The van der Waals surface area contributed by atoms with E-state index in [1.165, 1.54) is 4.91 Å². The smallest absolute Gasteiger partial charge is 0.0561 e. The Morgan fingerprint density at radius 3 is 2.83 bits per heavy atom. The Hall–Kier alpha value is 0.200. The molecule has 0 fully saturated rings. The van der Waals surface area contributed by atoms with Crippen LogP contribution in [0.1, 0.15) is 20.3 Å². The molecule has 0 bridgehead atoms. The fourth-order valence-electron chi connectivity index (χ4n) is 1.24. The van der Waals surface area contributed by atoms with Crippen LogP contribution in [0.5, 0.6) is 0 Å². The Balaban J connectivity index is 2.87. The maximum absolute atomic E-state index is 8.87. The summed E-state index contributed by atoms with van der Waals surface area (Å²) in [5.74, 6) is 1.06. The summed E-state index contributed by atoms with van der Waals surface area (Å²) in [6.07, 6.45) is 0.750. The lowest BCUT2D eigenvalue weighted by Crippen LogP contribution is -1.99. The van der Waals surface area contributed by atoms with Gasteiger partial charge in [-0.1, -0.05) is 6.92 Å². The molecule has 70 valence electrons. The van der Waals surface area contributed by atoms with Gasteiger partial charge >= 0.3 is 0 Å². The summed E-state index contributed by atoms with van der Waals surface area (Å²) in [5.41, 5.74) is 3.09. The first-order chi connectivity index (χ1) is 5.64. The van der Waals surface area contributed by atoms with Gasteiger partial charge in [-0.2, -0.15) is 0 Å². The van der Waals surface area contributed by atoms with Crippen LogP contribution in [0.4, 0.5) is 0 Å². The molecule has 0 aromatic heterocycles. The first kappa shape index (κ1) is 10.3. The van der Waals surface area contributed by atoms with Crippen LogP contribution >= 0.6 is 23.3 Å². The van der Waals surface area contributed by atoms with Crippen molar-refractivity contribution in [3.05, 3.63) is 10.6 Å². The predicted octanol–water partition coefficient (Wildman–Crippen LogP) is 2.78. The van der Waals surface area contributed by atoms with Gasteiger partial charge in [-0.15, -0.1) is 8.46 Å². The van der Waals surface area contributed by atoms with Crippen LogP contribution in [0.15, 0.2) is 15.6 Å². The summed E-state index contributed by atoms with van der Waals surface area (Å²) in [5, 5.41) is 8.87. The van der Waals surface area contributed by atoms with E-state index in [1.807, 2.05) is 12.5 Å². The number of aliphatic hydroxyl groups is 1. The Bertz CT molecular complexity index is 239. The Morgan fingerprint density at radius 2 is 2.33 bits per heavy atom. The highest BCUT2D eigenvalue weighted by molar-refractivity contribution is 9.61. The third-order valence-corrected chi connectivity index (χ3v) is 7.63. The largest absolute Gasteiger partial charge is 0.396 e. The standard InChI is InChI=1S/C8H14BrNOS/c1-3-12(9)6-10-7(2)8(12)4-5-11/h6,11H,3-5H2,1-2H3. The van der Waals surface area contributed by atoms with Gasteiger partial charge in [0.2, 0.25) is 0 Å². The van der Waals surface area contributed by atoms with Crippen molar-refractivity contribution in [2.45, 2.75) is 20.3 Å².